The van der Waals surface area contributed by atoms with Crippen LogP contribution in [0.2, 0.25) is 0 Å². The largest absolute Gasteiger partial charge is 0.482 e. The van der Waals surface area contributed by atoms with Gasteiger partial charge >= 0.3 is 5.97 Å². The van der Waals surface area contributed by atoms with E-state index < -0.39 is 12.6 Å². The van der Waals surface area contributed by atoms with Crippen LogP contribution in [0.4, 0.5) is 5.69 Å². The first kappa shape index (κ1) is 18.4. The second-order valence-electron chi connectivity index (χ2n) is 6.46. The number of hydrogen-bond donors (Lipinski definition) is 1. The van der Waals surface area contributed by atoms with Crippen LogP contribution >= 0.6 is 0 Å². The fraction of sp³-hybridized carbons (Fsp3) is 0.0870. The number of esters is 1. The van der Waals surface area contributed by atoms with Gasteiger partial charge in [0.1, 0.15) is 5.75 Å². The van der Waals surface area contributed by atoms with E-state index in [2.05, 4.69) is 5.32 Å². The SMILES string of the molecule is O=C1COc2ccc(C(=O)COC(=O)c3ccccc3-c3ccccc3)cc2N1. The molecule has 1 aliphatic rings. The molecule has 0 saturated carbocycles. The fourth-order valence-corrected chi connectivity index (χ4v) is 3.08. The summed E-state index contributed by atoms with van der Waals surface area (Å²) >= 11 is 0. The molecule has 1 aliphatic heterocycles. The van der Waals surface area contributed by atoms with E-state index in [1.54, 1.807) is 24.3 Å². The number of hydrogen-bond acceptors (Lipinski definition) is 5. The van der Waals surface area contributed by atoms with Gasteiger partial charge < -0.3 is 14.8 Å². The number of amides is 1. The van der Waals surface area contributed by atoms with Gasteiger partial charge in [-0.05, 0) is 35.4 Å². The summed E-state index contributed by atoms with van der Waals surface area (Å²) < 4.78 is 10.5. The summed E-state index contributed by atoms with van der Waals surface area (Å²) in [5, 5.41) is 2.65. The van der Waals surface area contributed by atoms with Crippen molar-refractivity contribution < 1.29 is 23.9 Å². The van der Waals surface area contributed by atoms with Crippen LogP contribution < -0.4 is 10.1 Å². The number of carbonyl (C=O) groups is 3. The monoisotopic (exact) mass is 387 g/mol. The molecule has 0 fully saturated rings. The Morgan fingerprint density at radius 3 is 2.55 bits per heavy atom. The van der Waals surface area contributed by atoms with E-state index in [0.29, 0.717) is 22.6 Å². The van der Waals surface area contributed by atoms with Crippen molar-refractivity contribution in [3.63, 3.8) is 0 Å². The molecule has 1 N–H and O–H groups in total. The lowest BCUT2D eigenvalue weighted by Gasteiger charge is -2.18. The number of fused-ring (bicyclic) bond motifs is 1. The van der Waals surface area contributed by atoms with E-state index in [1.165, 1.54) is 6.07 Å². The van der Waals surface area contributed by atoms with Crippen LogP contribution in [0.25, 0.3) is 11.1 Å². The summed E-state index contributed by atoms with van der Waals surface area (Å²) in [4.78, 5) is 36.5. The number of Topliss-reactive ketones (excluding diaryl/α,β-unsaturated/α-hetero) is 1. The summed E-state index contributed by atoms with van der Waals surface area (Å²) in [6.45, 7) is -0.464. The molecule has 0 saturated heterocycles. The number of ether oxygens (including phenoxy) is 2. The Morgan fingerprint density at radius 1 is 0.966 bits per heavy atom. The van der Waals surface area contributed by atoms with Crippen molar-refractivity contribution in [2.45, 2.75) is 0 Å². The van der Waals surface area contributed by atoms with Crippen LogP contribution in [0.1, 0.15) is 20.7 Å². The molecule has 1 heterocycles. The zero-order chi connectivity index (χ0) is 20.2. The number of ketones is 1. The molecule has 0 bridgehead atoms. The second-order valence-corrected chi connectivity index (χ2v) is 6.46. The first-order valence-corrected chi connectivity index (χ1v) is 9.03. The van der Waals surface area contributed by atoms with E-state index in [-0.39, 0.29) is 18.3 Å². The molecule has 4 rings (SSSR count). The topological polar surface area (TPSA) is 81.7 Å². The Morgan fingerprint density at radius 2 is 1.72 bits per heavy atom. The van der Waals surface area contributed by atoms with Gasteiger partial charge in [-0.1, -0.05) is 48.5 Å². The second kappa shape index (κ2) is 7.98. The molecule has 0 aromatic heterocycles. The Labute approximate surface area is 167 Å². The van der Waals surface area contributed by atoms with Gasteiger partial charge in [0.25, 0.3) is 5.91 Å². The molecule has 3 aromatic rings. The van der Waals surface area contributed by atoms with E-state index in [9.17, 15) is 14.4 Å². The Bertz CT molecular complexity index is 1090. The summed E-state index contributed by atoms with van der Waals surface area (Å²) in [6.07, 6.45) is 0. The molecular formula is C23H17NO5. The van der Waals surface area contributed by atoms with Gasteiger partial charge in [0, 0.05) is 5.56 Å². The van der Waals surface area contributed by atoms with E-state index in [4.69, 9.17) is 9.47 Å². The maximum Gasteiger partial charge on any atom is 0.339 e. The van der Waals surface area contributed by atoms with Crippen LogP contribution in [-0.2, 0) is 9.53 Å². The summed E-state index contributed by atoms with van der Waals surface area (Å²) in [7, 11) is 0. The minimum absolute atomic E-state index is 0.0568. The lowest BCUT2D eigenvalue weighted by molar-refractivity contribution is -0.118. The molecule has 29 heavy (non-hydrogen) atoms. The molecule has 6 nitrogen and oxygen atoms in total. The Kier molecular flexibility index (Phi) is 5.07. The summed E-state index contributed by atoms with van der Waals surface area (Å²) in [6, 6.07) is 21.3. The van der Waals surface area contributed by atoms with Crippen LogP contribution in [-0.4, -0.2) is 30.9 Å². The number of benzene rings is 3. The standard InChI is InChI=1S/C23H17NO5/c25-20(16-10-11-21-19(12-16)24-22(26)14-28-21)13-29-23(27)18-9-5-4-8-17(18)15-6-2-1-3-7-15/h1-12H,13-14H2,(H,24,26). The minimum Gasteiger partial charge on any atom is -0.482 e. The highest BCUT2D eigenvalue weighted by molar-refractivity contribution is 6.03. The van der Waals surface area contributed by atoms with Gasteiger partial charge in [-0.15, -0.1) is 0 Å². The first-order chi connectivity index (χ1) is 14.1. The normalized spacial score (nSPS) is 12.3. The van der Waals surface area contributed by atoms with E-state index in [0.717, 1.165) is 11.1 Å². The maximum absolute atomic E-state index is 12.6. The third kappa shape index (κ3) is 4.01. The molecule has 0 spiro atoms. The lowest BCUT2D eigenvalue weighted by atomic mass is 10.00. The zero-order valence-electron chi connectivity index (χ0n) is 15.4. The predicted molar refractivity (Wildman–Crippen MR) is 107 cm³/mol. The average Bonchev–Trinajstić information content (AvgIpc) is 2.77. The van der Waals surface area contributed by atoms with Crippen molar-refractivity contribution in [2.24, 2.45) is 0 Å². The van der Waals surface area contributed by atoms with Crippen LogP contribution in [0.15, 0.2) is 72.8 Å². The number of anilines is 1. The fourth-order valence-electron chi connectivity index (χ4n) is 3.08. The summed E-state index contributed by atoms with van der Waals surface area (Å²) in [5.41, 5.74) is 2.75. The Hall–Kier alpha value is -3.93. The van der Waals surface area contributed by atoms with Crippen LogP contribution in [0.5, 0.6) is 5.75 Å². The van der Waals surface area contributed by atoms with Gasteiger partial charge in [-0.3, -0.25) is 9.59 Å². The maximum atomic E-state index is 12.6. The highest BCUT2D eigenvalue weighted by Gasteiger charge is 2.19. The van der Waals surface area contributed by atoms with Crippen molar-refractivity contribution in [3.05, 3.63) is 83.9 Å². The molecule has 0 aliphatic carbocycles. The molecule has 144 valence electrons. The highest BCUT2D eigenvalue weighted by Crippen LogP contribution is 2.29. The molecular weight excluding hydrogens is 370 g/mol. The Balaban J connectivity index is 1.48. The molecule has 0 unspecified atom stereocenters. The van der Waals surface area contributed by atoms with Crippen molar-refractivity contribution in [2.75, 3.05) is 18.5 Å². The van der Waals surface area contributed by atoms with Crippen LogP contribution in [0, 0.1) is 0 Å². The first-order valence-electron chi connectivity index (χ1n) is 9.03. The van der Waals surface area contributed by atoms with Crippen molar-refractivity contribution in [1.82, 2.24) is 0 Å². The summed E-state index contributed by atoms with van der Waals surface area (Å²) in [5.74, 6) is -0.744. The number of rotatable bonds is 5. The number of carbonyl (C=O) groups excluding carboxylic acids is 3. The number of nitrogens with one attached hydrogen (secondary N) is 1. The van der Waals surface area contributed by atoms with Crippen molar-refractivity contribution in [1.29, 1.82) is 0 Å². The lowest BCUT2D eigenvalue weighted by Crippen LogP contribution is -2.25. The molecule has 0 atom stereocenters. The average molecular weight is 387 g/mol. The molecule has 1 amide bonds. The highest BCUT2D eigenvalue weighted by atomic mass is 16.5. The van der Waals surface area contributed by atoms with Crippen LogP contribution in [0.3, 0.4) is 0 Å². The van der Waals surface area contributed by atoms with Crippen molar-refractivity contribution in [3.8, 4) is 16.9 Å². The van der Waals surface area contributed by atoms with Gasteiger partial charge in [-0.2, -0.15) is 0 Å². The van der Waals surface area contributed by atoms with E-state index >= 15 is 0 Å². The molecule has 0 radical (unpaired) electrons. The van der Waals surface area contributed by atoms with E-state index in [1.807, 2.05) is 42.5 Å². The van der Waals surface area contributed by atoms with Gasteiger partial charge in [0.15, 0.2) is 19.0 Å². The van der Waals surface area contributed by atoms with Gasteiger partial charge in [0.05, 0.1) is 11.3 Å². The van der Waals surface area contributed by atoms with Gasteiger partial charge in [-0.25, -0.2) is 4.79 Å². The molecule has 3 aromatic carbocycles. The third-order valence-electron chi connectivity index (χ3n) is 4.50. The molecule has 6 heteroatoms. The van der Waals surface area contributed by atoms with Crippen molar-refractivity contribution >= 4 is 23.3 Å². The third-order valence-corrected chi connectivity index (χ3v) is 4.50. The zero-order valence-corrected chi connectivity index (χ0v) is 15.4. The smallest absolute Gasteiger partial charge is 0.339 e. The predicted octanol–water partition coefficient (Wildman–Crippen LogP) is 3.72. The minimum atomic E-state index is -0.576. The quantitative estimate of drug-likeness (QED) is 0.533. The van der Waals surface area contributed by atoms with Gasteiger partial charge in [0.2, 0.25) is 0 Å².